The van der Waals surface area contributed by atoms with E-state index in [1.165, 1.54) is 0 Å². The molecule has 1 aromatic heterocycles. The third kappa shape index (κ3) is 1.75. The van der Waals surface area contributed by atoms with Crippen molar-refractivity contribution in [3.63, 3.8) is 0 Å². The molecule has 0 aliphatic rings. The first-order chi connectivity index (χ1) is 7.72. The van der Waals surface area contributed by atoms with Crippen LogP contribution < -0.4 is 5.11 Å². The van der Waals surface area contributed by atoms with E-state index in [-0.39, 0.29) is 6.42 Å². The van der Waals surface area contributed by atoms with Gasteiger partial charge in [-0.3, -0.25) is 0 Å². The van der Waals surface area contributed by atoms with Gasteiger partial charge in [0.05, 0.1) is 6.42 Å². The SMILES string of the molecule is [C-]#[N+][C@@H](Cc1c[nH]c2ccccc12)C(=O)[O-]. The maximum atomic E-state index is 10.7. The molecule has 4 heteroatoms. The summed E-state index contributed by atoms with van der Waals surface area (Å²) in [4.78, 5) is 16.7. The van der Waals surface area contributed by atoms with Crippen molar-refractivity contribution < 1.29 is 9.90 Å². The van der Waals surface area contributed by atoms with E-state index < -0.39 is 12.0 Å². The molecule has 0 aliphatic carbocycles. The van der Waals surface area contributed by atoms with E-state index in [4.69, 9.17) is 6.57 Å². The molecular weight excluding hydrogens is 204 g/mol. The quantitative estimate of drug-likeness (QED) is 0.765. The van der Waals surface area contributed by atoms with Crippen molar-refractivity contribution >= 4 is 16.9 Å². The van der Waals surface area contributed by atoms with E-state index in [0.29, 0.717) is 0 Å². The third-order valence-corrected chi connectivity index (χ3v) is 2.52. The molecule has 1 N–H and O–H groups in total. The van der Waals surface area contributed by atoms with Crippen LogP contribution in [0.3, 0.4) is 0 Å². The second kappa shape index (κ2) is 4.07. The number of carboxylic acid groups (broad SMARTS) is 1. The van der Waals surface area contributed by atoms with Gasteiger partial charge in [0.25, 0.3) is 6.04 Å². The summed E-state index contributed by atoms with van der Waals surface area (Å²) in [5.41, 5.74) is 1.78. The van der Waals surface area contributed by atoms with E-state index in [1.807, 2.05) is 24.3 Å². The molecule has 0 saturated heterocycles. The summed E-state index contributed by atoms with van der Waals surface area (Å²) < 4.78 is 0. The Hall–Kier alpha value is -2.28. The second-order valence-electron chi connectivity index (χ2n) is 3.53. The van der Waals surface area contributed by atoms with E-state index in [9.17, 15) is 9.90 Å². The smallest absolute Gasteiger partial charge is 0.266 e. The molecule has 1 aromatic carbocycles. The number of carboxylic acids is 1. The van der Waals surface area contributed by atoms with Crippen LogP contribution in [-0.2, 0) is 11.2 Å². The Balaban J connectivity index is 2.35. The zero-order valence-corrected chi connectivity index (χ0v) is 8.43. The number of aromatic nitrogens is 1. The van der Waals surface area contributed by atoms with Crippen LogP contribution in [0.1, 0.15) is 5.56 Å². The Morgan fingerprint density at radius 1 is 1.50 bits per heavy atom. The average Bonchev–Trinajstić information content (AvgIpc) is 2.69. The number of nitrogens with zero attached hydrogens (tertiary/aromatic N) is 1. The Morgan fingerprint density at radius 2 is 2.25 bits per heavy atom. The molecule has 0 aliphatic heterocycles. The zero-order valence-electron chi connectivity index (χ0n) is 8.43. The zero-order chi connectivity index (χ0) is 11.5. The molecule has 0 radical (unpaired) electrons. The highest BCUT2D eigenvalue weighted by Crippen LogP contribution is 2.19. The number of para-hydroxylation sites is 1. The number of H-pyrrole nitrogens is 1. The fourth-order valence-electron chi connectivity index (χ4n) is 1.69. The molecule has 2 aromatic rings. The van der Waals surface area contributed by atoms with Gasteiger partial charge in [-0.15, -0.1) is 0 Å². The minimum absolute atomic E-state index is 0.176. The molecular formula is C12H9N2O2-. The van der Waals surface area contributed by atoms with Crippen LogP contribution in [0, 0.1) is 6.57 Å². The van der Waals surface area contributed by atoms with Gasteiger partial charge in [-0.1, -0.05) is 18.2 Å². The van der Waals surface area contributed by atoms with Crippen LogP contribution >= 0.6 is 0 Å². The van der Waals surface area contributed by atoms with Crippen molar-refractivity contribution in [2.45, 2.75) is 12.5 Å². The lowest BCUT2D eigenvalue weighted by atomic mass is 10.1. The minimum Gasteiger partial charge on any atom is -0.543 e. The van der Waals surface area contributed by atoms with Gasteiger partial charge in [0, 0.05) is 17.1 Å². The number of hydrogen-bond donors (Lipinski definition) is 1. The maximum absolute atomic E-state index is 10.7. The number of aliphatic carboxylic acids is 1. The largest absolute Gasteiger partial charge is 0.543 e. The summed E-state index contributed by atoms with van der Waals surface area (Å²) in [6.07, 6.45) is 1.92. The monoisotopic (exact) mass is 213 g/mol. The molecule has 0 saturated carbocycles. The summed E-state index contributed by atoms with van der Waals surface area (Å²) >= 11 is 0. The van der Waals surface area contributed by atoms with Gasteiger partial charge in [0.1, 0.15) is 5.97 Å². The number of nitrogens with one attached hydrogen (secondary N) is 1. The molecule has 0 amide bonds. The van der Waals surface area contributed by atoms with Crippen molar-refractivity contribution in [2.24, 2.45) is 0 Å². The lowest BCUT2D eigenvalue weighted by molar-refractivity contribution is -0.306. The molecule has 16 heavy (non-hydrogen) atoms. The Labute approximate surface area is 92.3 Å². The van der Waals surface area contributed by atoms with E-state index in [0.717, 1.165) is 16.5 Å². The van der Waals surface area contributed by atoms with Gasteiger partial charge < -0.3 is 19.7 Å². The fourth-order valence-corrected chi connectivity index (χ4v) is 1.69. The highest BCUT2D eigenvalue weighted by Gasteiger charge is 2.16. The molecule has 0 fully saturated rings. The number of benzene rings is 1. The van der Waals surface area contributed by atoms with Gasteiger partial charge in [-0.05, 0) is 11.6 Å². The first kappa shape index (κ1) is 10.2. The molecule has 1 atom stereocenters. The van der Waals surface area contributed by atoms with Crippen molar-refractivity contribution in [2.75, 3.05) is 0 Å². The topological polar surface area (TPSA) is 60.3 Å². The van der Waals surface area contributed by atoms with Gasteiger partial charge in [-0.2, -0.15) is 0 Å². The third-order valence-electron chi connectivity index (χ3n) is 2.52. The van der Waals surface area contributed by atoms with E-state index in [2.05, 4.69) is 9.83 Å². The van der Waals surface area contributed by atoms with E-state index >= 15 is 0 Å². The highest BCUT2D eigenvalue weighted by molar-refractivity contribution is 5.84. The van der Waals surface area contributed by atoms with Crippen LogP contribution in [-0.4, -0.2) is 17.0 Å². The first-order valence-corrected chi connectivity index (χ1v) is 4.85. The number of carbonyl (C=O) groups is 1. The molecule has 4 nitrogen and oxygen atoms in total. The van der Waals surface area contributed by atoms with Gasteiger partial charge in [-0.25, -0.2) is 6.57 Å². The molecule has 1 heterocycles. The van der Waals surface area contributed by atoms with Gasteiger partial charge in [0.15, 0.2) is 0 Å². The van der Waals surface area contributed by atoms with Crippen molar-refractivity contribution in [3.05, 3.63) is 47.4 Å². The standard InChI is InChI=1S/C12H10N2O2/c1-13-11(12(15)16)6-8-7-14-10-5-3-2-4-9(8)10/h2-5,7,11,14H,6H2,(H,15,16)/p-1/t11-/m0/s1. The lowest BCUT2D eigenvalue weighted by Crippen LogP contribution is -2.34. The van der Waals surface area contributed by atoms with Crippen molar-refractivity contribution in [1.29, 1.82) is 0 Å². The number of hydrogen-bond acceptors (Lipinski definition) is 2. The molecule has 0 spiro atoms. The molecule has 2 rings (SSSR count). The normalized spacial score (nSPS) is 12.2. The summed E-state index contributed by atoms with van der Waals surface area (Å²) in [5.74, 6) is -1.32. The van der Waals surface area contributed by atoms with Crippen LogP contribution in [0.5, 0.6) is 0 Å². The van der Waals surface area contributed by atoms with Crippen molar-refractivity contribution in [3.8, 4) is 0 Å². The molecule has 80 valence electrons. The number of carbonyl (C=O) groups excluding carboxylic acids is 1. The summed E-state index contributed by atoms with van der Waals surface area (Å²) in [6, 6.07) is 6.47. The Kier molecular flexibility index (Phi) is 2.61. The second-order valence-corrected chi connectivity index (χ2v) is 3.53. The van der Waals surface area contributed by atoms with Crippen LogP contribution in [0.4, 0.5) is 0 Å². The van der Waals surface area contributed by atoms with Gasteiger partial charge in [0.2, 0.25) is 0 Å². The predicted molar refractivity (Wildman–Crippen MR) is 57.4 cm³/mol. The van der Waals surface area contributed by atoms with Crippen LogP contribution in [0.25, 0.3) is 15.7 Å². The van der Waals surface area contributed by atoms with Crippen LogP contribution in [0.15, 0.2) is 30.5 Å². The highest BCUT2D eigenvalue weighted by atomic mass is 16.4. The number of aromatic amines is 1. The number of rotatable bonds is 3. The molecule has 0 bridgehead atoms. The van der Waals surface area contributed by atoms with Crippen LogP contribution in [0.2, 0.25) is 0 Å². The number of fused-ring (bicyclic) bond motifs is 1. The lowest BCUT2D eigenvalue weighted by Gasteiger charge is -2.04. The van der Waals surface area contributed by atoms with Gasteiger partial charge >= 0.3 is 0 Å². The predicted octanol–water partition coefficient (Wildman–Crippen LogP) is 0.748. The van der Waals surface area contributed by atoms with E-state index in [1.54, 1.807) is 6.20 Å². The minimum atomic E-state index is -1.32. The Bertz CT molecular complexity index is 566. The average molecular weight is 213 g/mol. The summed E-state index contributed by atoms with van der Waals surface area (Å²) in [7, 11) is 0. The fraction of sp³-hybridized carbons (Fsp3) is 0.167. The molecule has 0 unspecified atom stereocenters. The Morgan fingerprint density at radius 3 is 2.94 bits per heavy atom. The first-order valence-electron chi connectivity index (χ1n) is 4.85. The maximum Gasteiger partial charge on any atom is 0.266 e. The summed E-state index contributed by atoms with van der Waals surface area (Å²) in [6.45, 7) is 6.79. The summed E-state index contributed by atoms with van der Waals surface area (Å²) in [5, 5.41) is 11.6. The van der Waals surface area contributed by atoms with Crippen molar-refractivity contribution in [1.82, 2.24) is 4.98 Å².